The number of amides is 3. The number of fused-ring (bicyclic) bond motifs is 5. The number of hydrogen-bond acceptors (Lipinski definition) is 6. The Bertz CT molecular complexity index is 791. The molecule has 7 nitrogen and oxygen atoms in total. The van der Waals surface area contributed by atoms with Gasteiger partial charge in [-0.2, -0.15) is 0 Å². The Hall–Kier alpha value is -2.09. The van der Waals surface area contributed by atoms with Crippen LogP contribution in [-0.4, -0.2) is 39.4 Å². The molecule has 1 aliphatic heterocycles. The molecule has 2 fully saturated rings. The third kappa shape index (κ3) is 4.13. The minimum atomic E-state index is -0.394. The van der Waals surface area contributed by atoms with Gasteiger partial charge < -0.3 is 0 Å². The molecule has 8 heteroatoms. The largest absolute Gasteiger partial charge is 0.299 e. The van der Waals surface area contributed by atoms with Crippen LogP contribution >= 0.6 is 11.3 Å². The van der Waals surface area contributed by atoms with Gasteiger partial charge in [-0.3, -0.25) is 24.6 Å². The Morgan fingerprint density at radius 1 is 1.07 bits per heavy atom. The fraction of sp³-hybridized carbons (Fsp3) is 0.667. The van der Waals surface area contributed by atoms with Gasteiger partial charge in [0.05, 0.1) is 11.8 Å². The Kier molecular flexibility index (Phi) is 6.08. The van der Waals surface area contributed by atoms with Crippen LogP contribution in [0.25, 0.3) is 0 Å². The Morgan fingerprint density at radius 3 is 2.41 bits per heavy atom. The molecule has 1 N–H and O–H groups in total. The summed E-state index contributed by atoms with van der Waals surface area (Å²) in [5.41, 5.74) is 0. The molecule has 1 saturated heterocycles. The normalized spacial score (nSPS) is 27.1. The number of imide groups is 1. The molecule has 1 aromatic rings. The van der Waals surface area contributed by atoms with Crippen molar-refractivity contribution in [1.82, 2.24) is 15.1 Å². The number of carbonyl (C=O) groups excluding carboxylic acids is 3. The zero-order chi connectivity index (χ0) is 20.4. The van der Waals surface area contributed by atoms with Gasteiger partial charge in [0.15, 0.2) is 0 Å². The van der Waals surface area contributed by atoms with E-state index < -0.39 is 5.91 Å². The molecule has 0 spiro atoms. The van der Waals surface area contributed by atoms with Crippen LogP contribution in [0, 0.1) is 23.7 Å². The van der Waals surface area contributed by atoms with Gasteiger partial charge in [0.25, 0.3) is 0 Å². The third-order valence-corrected chi connectivity index (χ3v) is 7.22. The highest BCUT2D eigenvalue weighted by atomic mass is 32.1. The molecule has 3 aliphatic rings. The number of hydrogen-bond donors (Lipinski definition) is 1. The van der Waals surface area contributed by atoms with E-state index in [1.807, 2.05) is 12.2 Å². The molecule has 0 radical (unpaired) electrons. The summed E-state index contributed by atoms with van der Waals surface area (Å²) in [6, 6.07) is 0. The molecule has 29 heavy (non-hydrogen) atoms. The summed E-state index contributed by atoms with van der Waals surface area (Å²) in [6.45, 7) is 1.97. The highest BCUT2D eigenvalue weighted by molar-refractivity contribution is 7.15. The molecule has 2 bridgehead atoms. The minimum Gasteiger partial charge on any atom is -0.299 e. The predicted molar refractivity (Wildman–Crippen MR) is 110 cm³/mol. The standard InChI is InChI=1S/C21H28N4O3S/c1-2-3-4-5-6-7-8-16-23-24-21(29-16)22-15(26)12-25-19(27)17-13-9-10-14(11-13)18(17)20(25)28/h9-10,13-14,17-18H,2-8,11-12H2,1H3,(H,22,24,26). The monoisotopic (exact) mass is 416 g/mol. The van der Waals surface area contributed by atoms with E-state index in [1.54, 1.807) is 0 Å². The lowest BCUT2D eigenvalue weighted by Gasteiger charge is -2.16. The molecule has 156 valence electrons. The summed E-state index contributed by atoms with van der Waals surface area (Å²) < 4.78 is 0. The van der Waals surface area contributed by atoms with Crippen LogP contribution in [0.5, 0.6) is 0 Å². The van der Waals surface area contributed by atoms with E-state index in [1.165, 1.54) is 43.4 Å². The average Bonchev–Trinajstić information content (AvgIpc) is 3.47. The summed E-state index contributed by atoms with van der Waals surface area (Å²) >= 11 is 1.36. The Morgan fingerprint density at radius 2 is 1.72 bits per heavy atom. The SMILES string of the molecule is CCCCCCCCc1nnc(NC(=O)CN2C(=O)C3C4C=CC(C4)C3C2=O)s1. The van der Waals surface area contributed by atoms with Gasteiger partial charge in [-0.25, -0.2) is 0 Å². The molecule has 1 aromatic heterocycles. The number of aromatic nitrogens is 2. The fourth-order valence-corrected chi connectivity index (χ4v) is 5.68. The number of rotatable bonds is 10. The maximum absolute atomic E-state index is 12.7. The first kappa shape index (κ1) is 20.2. The van der Waals surface area contributed by atoms with Crippen molar-refractivity contribution in [2.75, 3.05) is 11.9 Å². The van der Waals surface area contributed by atoms with Crippen LogP contribution in [0.4, 0.5) is 5.13 Å². The van der Waals surface area contributed by atoms with Crippen molar-refractivity contribution >= 4 is 34.2 Å². The lowest BCUT2D eigenvalue weighted by atomic mass is 9.85. The molecule has 4 rings (SSSR count). The first-order valence-corrected chi connectivity index (χ1v) is 11.6. The average molecular weight is 417 g/mol. The van der Waals surface area contributed by atoms with Gasteiger partial charge in [-0.1, -0.05) is 62.5 Å². The summed E-state index contributed by atoms with van der Waals surface area (Å²) in [4.78, 5) is 38.8. The maximum atomic E-state index is 12.7. The molecule has 1 saturated carbocycles. The molecular formula is C21H28N4O3S. The summed E-state index contributed by atoms with van der Waals surface area (Å²) in [6.07, 6.45) is 13.2. The van der Waals surface area contributed by atoms with Crippen LogP contribution in [0.2, 0.25) is 0 Å². The molecule has 4 unspecified atom stereocenters. The topological polar surface area (TPSA) is 92.3 Å². The van der Waals surface area contributed by atoms with Crippen LogP contribution in [-0.2, 0) is 20.8 Å². The van der Waals surface area contributed by atoms with Crippen LogP contribution in [0.15, 0.2) is 12.2 Å². The van der Waals surface area contributed by atoms with Crippen LogP contribution in [0.3, 0.4) is 0 Å². The number of unbranched alkanes of at least 4 members (excludes halogenated alkanes) is 5. The van der Waals surface area contributed by atoms with E-state index in [9.17, 15) is 14.4 Å². The molecule has 2 heterocycles. The number of likely N-dealkylation sites (tertiary alicyclic amines) is 1. The molecule has 4 atom stereocenters. The number of nitrogens with one attached hydrogen (secondary N) is 1. The Balaban J connectivity index is 1.24. The first-order chi connectivity index (χ1) is 14.1. The second kappa shape index (κ2) is 8.73. The highest BCUT2D eigenvalue weighted by Crippen LogP contribution is 2.52. The van der Waals surface area contributed by atoms with Crippen molar-refractivity contribution in [2.45, 2.75) is 58.3 Å². The van der Waals surface area contributed by atoms with Crippen molar-refractivity contribution in [3.05, 3.63) is 17.2 Å². The molecular weight excluding hydrogens is 388 g/mol. The summed E-state index contributed by atoms with van der Waals surface area (Å²) in [5, 5.41) is 12.2. The van der Waals surface area contributed by atoms with E-state index >= 15 is 0 Å². The highest BCUT2D eigenvalue weighted by Gasteiger charge is 2.59. The van der Waals surface area contributed by atoms with Gasteiger partial charge in [-0.05, 0) is 24.7 Å². The number of allylic oxidation sites excluding steroid dienone is 2. The second-order valence-corrected chi connectivity index (χ2v) is 9.39. The third-order valence-electron chi connectivity index (χ3n) is 6.32. The van der Waals surface area contributed by atoms with Gasteiger partial charge in [-0.15, -0.1) is 10.2 Å². The second-order valence-electron chi connectivity index (χ2n) is 8.33. The van der Waals surface area contributed by atoms with Gasteiger partial charge in [0, 0.05) is 6.42 Å². The number of anilines is 1. The molecule has 0 aromatic carbocycles. The maximum Gasteiger partial charge on any atom is 0.246 e. The molecule has 2 aliphatic carbocycles. The van der Waals surface area contributed by atoms with E-state index in [-0.39, 0.29) is 42.0 Å². The van der Waals surface area contributed by atoms with Crippen molar-refractivity contribution in [2.24, 2.45) is 23.7 Å². The van der Waals surface area contributed by atoms with Crippen LogP contribution in [0.1, 0.15) is 56.9 Å². The fourth-order valence-electron chi connectivity index (χ4n) is 4.88. The first-order valence-electron chi connectivity index (χ1n) is 10.7. The summed E-state index contributed by atoms with van der Waals surface area (Å²) in [5.74, 6) is -1.02. The quantitative estimate of drug-likeness (QED) is 0.359. The zero-order valence-corrected chi connectivity index (χ0v) is 17.6. The van der Waals surface area contributed by atoms with Gasteiger partial charge in [0.1, 0.15) is 11.6 Å². The minimum absolute atomic E-state index is 0.155. The lowest BCUT2D eigenvalue weighted by Crippen LogP contribution is -2.39. The van der Waals surface area contributed by atoms with Crippen molar-refractivity contribution in [3.8, 4) is 0 Å². The van der Waals surface area contributed by atoms with Crippen LogP contribution < -0.4 is 5.32 Å². The zero-order valence-electron chi connectivity index (χ0n) is 16.8. The molecule has 3 amide bonds. The van der Waals surface area contributed by atoms with E-state index in [2.05, 4.69) is 22.4 Å². The van der Waals surface area contributed by atoms with Crippen molar-refractivity contribution in [3.63, 3.8) is 0 Å². The number of aryl methyl sites for hydroxylation is 1. The lowest BCUT2D eigenvalue weighted by molar-refractivity contribution is -0.143. The summed E-state index contributed by atoms with van der Waals surface area (Å²) in [7, 11) is 0. The smallest absolute Gasteiger partial charge is 0.246 e. The number of carbonyl (C=O) groups is 3. The van der Waals surface area contributed by atoms with E-state index in [0.29, 0.717) is 5.13 Å². The number of nitrogens with zero attached hydrogens (tertiary/aromatic N) is 3. The van der Waals surface area contributed by atoms with Crippen molar-refractivity contribution < 1.29 is 14.4 Å². The van der Waals surface area contributed by atoms with Crippen molar-refractivity contribution in [1.29, 1.82) is 0 Å². The van der Waals surface area contributed by atoms with Gasteiger partial charge >= 0.3 is 0 Å². The van der Waals surface area contributed by atoms with Gasteiger partial charge in [0.2, 0.25) is 22.9 Å². The van der Waals surface area contributed by atoms with E-state index in [0.717, 1.165) is 29.2 Å². The van der Waals surface area contributed by atoms with E-state index in [4.69, 9.17) is 0 Å². The Labute approximate surface area is 175 Å². The predicted octanol–water partition coefficient (Wildman–Crippen LogP) is 3.19.